The molecule has 0 unspecified atom stereocenters. The van der Waals surface area contributed by atoms with Crippen LogP contribution in [0.1, 0.15) is 60.8 Å². The predicted molar refractivity (Wildman–Crippen MR) is 102 cm³/mol. The highest BCUT2D eigenvalue weighted by atomic mass is 16.5. The average Bonchev–Trinajstić information content (AvgIpc) is 3.47. The van der Waals surface area contributed by atoms with Crippen LogP contribution in [0.25, 0.3) is 11.1 Å². The van der Waals surface area contributed by atoms with Gasteiger partial charge in [-0.15, -0.1) is 0 Å². The SMILES string of the molecule is COC(=O)[C@H](CC(C)C)NC(=O)COC(=O)c1cc(C2CC2)nc2onc(C)c12. The van der Waals surface area contributed by atoms with E-state index in [-0.39, 0.29) is 17.2 Å². The lowest BCUT2D eigenvalue weighted by atomic mass is 10.0. The molecule has 0 radical (unpaired) electrons. The van der Waals surface area contributed by atoms with Gasteiger partial charge in [-0.2, -0.15) is 0 Å². The molecule has 29 heavy (non-hydrogen) atoms. The number of fused-ring (bicyclic) bond motifs is 1. The fourth-order valence-electron chi connectivity index (χ4n) is 3.14. The van der Waals surface area contributed by atoms with Crippen molar-refractivity contribution in [3.63, 3.8) is 0 Å². The highest BCUT2D eigenvalue weighted by molar-refractivity contribution is 6.03. The van der Waals surface area contributed by atoms with E-state index in [2.05, 4.69) is 15.5 Å². The molecule has 2 aromatic heterocycles. The summed E-state index contributed by atoms with van der Waals surface area (Å²) >= 11 is 0. The van der Waals surface area contributed by atoms with Crippen molar-refractivity contribution in [1.29, 1.82) is 0 Å². The Kier molecular flexibility index (Phi) is 6.14. The third kappa shape index (κ3) is 4.90. The van der Waals surface area contributed by atoms with Gasteiger partial charge in [0.1, 0.15) is 6.04 Å². The third-order valence-electron chi connectivity index (χ3n) is 4.71. The van der Waals surface area contributed by atoms with E-state index in [1.165, 1.54) is 7.11 Å². The summed E-state index contributed by atoms with van der Waals surface area (Å²) in [4.78, 5) is 41.1. The fraction of sp³-hybridized carbons (Fsp3) is 0.550. The molecule has 0 spiro atoms. The first-order valence-corrected chi connectivity index (χ1v) is 9.61. The van der Waals surface area contributed by atoms with E-state index >= 15 is 0 Å². The number of nitrogens with zero attached hydrogens (tertiary/aromatic N) is 2. The van der Waals surface area contributed by atoms with Crippen LogP contribution in [0, 0.1) is 12.8 Å². The maximum atomic E-state index is 12.7. The molecule has 9 nitrogen and oxygen atoms in total. The summed E-state index contributed by atoms with van der Waals surface area (Å²) < 4.78 is 15.1. The molecule has 1 aliphatic rings. The summed E-state index contributed by atoms with van der Waals surface area (Å²) in [6.07, 6.45) is 2.43. The first-order valence-electron chi connectivity index (χ1n) is 9.61. The van der Waals surface area contributed by atoms with Crippen LogP contribution in [0.3, 0.4) is 0 Å². The van der Waals surface area contributed by atoms with E-state index in [0.29, 0.717) is 23.4 Å². The van der Waals surface area contributed by atoms with Crippen LogP contribution in [0.2, 0.25) is 0 Å². The Hall–Kier alpha value is -2.97. The van der Waals surface area contributed by atoms with Gasteiger partial charge in [-0.05, 0) is 38.2 Å². The van der Waals surface area contributed by atoms with E-state index in [0.717, 1.165) is 18.5 Å². The quantitative estimate of drug-likeness (QED) is 0.667. The van der Waals surface area contributed by atoms with Gasteiger partial charge in [0.05, 0.1) is 23.8 Å². The number of carbonyl (C=O) groups is 3. The van der Waals surface area contributed by atoms with Crippen LogP contribution in [0.5, 0.6) is 0 Å². The van der Waals surface area contributed by atoms with Crippen LogP contribution in [-0.4, -0.2) is 47.7 Å². The first kappa shape index (κ1) is 20.8. The highest BCUT2D eigenvalue weighted by Crippen LogP contribution is 2.40. The molecule has 1 fully saturated rings. The first-order chi connectivity index (χ1) is 13.8. The summed E-state index contributed by atoms with van der Waals surface area (Å²) in [5, 5.41) is 6.91. The van der Waals surface area contributed by atoms with Gasteiger partial charge in [0.2, 0.25) is 0 Å². The average molecular weight is 403 g/mol. The second kappa shape index (κ2) is 8.59. The van der Waals surface area contributed by atoms with Crippen molar-refractivity contribution in [3.05, 3.63) is 23.0 Å². The lowest BCUT2D eigenvalue weighted by Gasteiger charge is -2.18. The van der Waals surface area contributed by atoms with Crippen LogP contribution in [-0.2, 0) is 19.1 Å². The minimum Gasteiger partial charge on any atom is -0.467 e. The maximum absolute atomic E-state index is 12.7. The van der Waals surface area contributed by atoms with Crippen molar-refractivity contribution >= 4 is 28.9 Å². The summed E-state index contributed by atoms with van der Waals surface area (Å²) in [6.45, 7) is 5.04. The van der Waals surface area contributed by atoms with Gasteiger partial charge >= 0.3 is 11.9 Å². The zero-order chi connectivity index (χ0) is 21.1. The van der Waals surface area contributed by atoms with E-state index in [1.807, 2.05) is 13.8 Å². The molecule has 2 aromatic rings. The molecular weight excluding hydrogens is 378 g/mol. The van der Waals surface area contributed by atoms with Gasteiger partial charge in [0, 0.05) is 11.6 Å². The van der Waals surface area contributed by atoms with E-state index in [4.69, 9.17) is 14.0 Å². The lowest BCUT2D eigenvalue weighted by molar-refractivity contribution is -0.145. The lowest BCUT2D eigenvalue weighted by Crippen LogP contribution is -2.44. The molecule has 2 heterocycles. The van der Waals surface area contributed by atoms with E-state index in [9.17, 15) is 14.4 Å². The minimum absolute atomic E-state index is 0.171. The predicted octanol–water partition coefficient (Wildman–Crippen LogP) is 2.27. The number of ether oxygens (including phenoxy) is 2. The highest BCUT2D eigenvalue weighted by Gasteiger charge is 2.29. The molecule has 156 valence electrons. The Morgan fingerprint density at radius 3 is 2.66 bits per heavy atom. The Morgan fingerprint density at radius 1 is 1.31 bits per heavy atom. The molecule has 1 atom stereocenters. The van der Waals surface area contributed by atoms with Crippen LogP contribution < -0.4 is 5.32 Å². The van der Waals surface area contributed by atoms with Gasteiger partial charge in [0.25, 0.3) is 11.6 Å². The summed E-state index contributed by atoms with van der Waals surface area (Å²) in [5.74, 6) is -1.31. The maximum Gasteiger partial charge on any atom is 0.339 e. The molecule has 9 heteroatoms. The number of hydrogen-bond donors (Lipinski definition) is 1. The summed E-state index contributed by atoms with van der Waals surface area (Å²) in [6, 6.07) is 0.890. The zero-order valence-corrected chi connectivity index (χ0v) is 17.0. The topological polar surface area (TPSA) is 121 Å². The van der Waals surface area contributed by atoms with Crippen molar-refractivity contribution in [2.75, 3.05) is 13.7 Å². The van der Waals surface area contributed by atoms with E-state index < -0.39 is 30.5 Å². The number of pyridine rings is 1. The largest absolute Gasteiger partial charge is 0.467 e. The number of aryl methyl sites for hydroxylation is 1. The Labute approximate surface area is 168 Å². The second-order valence-electron chi connectivity index (χ2n) is 7.67. The number of amides is 1. The molecule has 0 bridgehead atoms. The number of esters is 2. The number of rotatable bonds is 8. The molecule has 1 aliphatic carbocycles. The Bertz CT molecular complexity index is 932. The molecule has 1 saturated carbocycles. The monoisotopic (exact) mass is 403 g/mol. The van der Waals surface area contributed by atoms with Crippen LogP contribution in [0.4, 0.5) is 0 Å². The Balaban J connectivity index is 1.69. The normalized spacial score (nSPS) is 14.7. The van der Waals surface area contributed by atoms with Gasteiger partial charge in [-0.3, -0.25) is 4.79 Å². The number of aromatic nitrogens is 2. The minimum atomic E-state index is -0.791. The van der Waals surface area contributed by atoms with Crippen LogP contribution >= 0.6 is 0 Å². The van der Waals surface area contributed by atoms with Gasteiger partial charge in [-0.1, -0.05) is 19.0 Å². The molecule has 3 rings (SSSR count). The van der Waals surface area contributed by atoms with E-state index in [1.54, 1.807) is 13.0 Å². The molecule has 1 N–H and O–H groups in total. The fourth-order valence-corrected chi connectivity index (χ4v) is 3.14. The molecule has 0 aromatic carbocycles. The molecule has 0 aliphatic heterocycles. The van der Waals surface area contributed by atoms with Crippen molar-refractivity contribution in [2.24, 2.45) is 5.92 Å². The number of nitrogens with one attached hydrogen (secondary N) is 1. The number of hydrogen-bond acceptors (Lipinski definition) is 8. The summed E-state index contributed by atoms with van der Waals surface area (Å²) in [5.41, 5.74) is 1.84. The smallest absolute Gasteiger partial charge is 0.339 e. The van der Waals surface area contributed by atoms with Gasteiger partial charge in [-0.25, -0.2) is 14.6 Å². The second-order valence-corrected chi connectivity index (χ2v) is 7.67. The zero-order valence-electron chi connectivity index (χ0n) is 17.0. The van der Waals surface area contributed by atoms with Crippen molar-refractivity contribution in [3.8, 4) is 0 Å². The van der Waals surface area contributed by atoms with Crippen molar-refractivity contribution in [2.45, 2.75) is 52.0 Å². The molecule has 0 saturated heterocycles. The number of carbonyl (C=O) groups excluding carboxylic acids is 3. The van der Waals surface area contributed by atoms with Gasteiger partial charge in [0.15, 0.2) is 6.61 Å². The van der Waals surface area contributed by atoms with Gasteiger partial charge < -0.3 is 19.3 Å². The number of methoxy groups -OCH3 is 1. The Morgan fingerprint density at radius 2 is 2.03 bits per heavy atom. The van der Waals surface area contributed by atoms with Crippen LogP contribution in [0.15, 0.2) is 10.6 Å². The third-order valence-corrected chi connectivity index (χ3v) is 4.71. The van der Waals surface area contributed by atoms with Crippen molar-refractivity contribution in [1.82, 2.24) is 15.5 Å². The standard InChI is InChI=1S/C20H25N3O6/c1-10(2)7-15(20(26)27-4)21-16(24)9-28-19(25)13-8-14(12-5-6-12)22-18-17(13)11(3)23-29-18/h8,10,12,15H,5-7,9H2,1-4H3,(H,21,24)/t15-/m0/s1. The molecule has 1 amide bonds. The summed E-state index contributed by atoms with van der Waals surface area (Å²) in [7, 11) is 1.26. The van der Waals surface area contributed by atoms with Crippen molar-refractivity contribution < 1.29 is 28.4 Å². The molecular formula is C20H25N3O6.